The van der Waals surface area contributed by atoms with Gasteiger partial charge in [0.25, 0.3) is 5.91 Å². The number of carbonyl (C=O) groups is 1. The maximum absolute atomic E-state index is 12.1. The Hall–Kier alpha value is -2.27. The van der Waals surface area contributed by atoms with Gasteiger partial charge in [0, 0.05) is 4.47 Å². The van der Waals surface area contributed by atoms with Crippen LogP contribution in [-0.2, 0) is 0 Å². The summed E-state index contributed by atoms with van der Waals surface area (Å²) in [4.78, 5) is 12.1. The molecule has 0 bridgehead atoms. The van der Waals surface area contributed by atoms with Gasteiger partial charge >= 0.3 is 0 Å². The molecule has 0 aromatic heterocycles. The van der Waals surface area contributed by atoms with Gasteiger partial charge in [-0.15, -0.1) is 0 Å². The van der Waals surface area contributed by atoms with Crippen LogP contribution < -0.4 is 15.6 Å². The van der Waals surface area contributed by atoms with Crippen molar-refractivity contribution in [1.82, 2.24) is 10.9 Å². The van der Waals surface area contributed by atoms with Gasteiger partial charge in [0.05, 0.1) is 18.4 Å². The molecule has 0 aliphatic rings. The molecule has 0 heterocycles. The number of methoxy groups -OCH3 is 1. The second-order valence-corrected chi connectivity index (χ2v) is 5.18. The number of carbonyl (C=O) groups excluding carboxylic acids is 1. The van der Waals surface area contributed by atoms with E-state index in [-0.39, 0.29) is 5.91 Å². The van der Waals surface area contributed by atoms with Crippen molar-refractivity contribution in [1.29, 1.82) is 0 Å². The van der Waals surface area contributed by atoms with Crippen molar-refractivity contribution in [2.45, 2.75) is 0 Å². The number of ether oxygens (including phenoxy) is 1. The zero-order valence-electron chi connectivity index (χ0n) is 11.5. The lowest BCUT2D eigenvalue weighted by molar-refractivity contribution is 0.0939. The van der Waals surface area contributed by atoms with Crippen molar-refractivity contribution in [3.05, 3.63) is 70.7 Å². The molecule has 0 spiro atoms. The average Bonchev–Trinajstić information content (AvgIpc) is 2.52. The van der Waals surface area contributed by atoms with Crippen molar-refractivity contribution in [2.75, 3.05) is 7.11 Å². The number of para-hydroxylation sites is 1. The second-order valence-electron chi connectivity index (χ2n) is 4.27. The van der Waals surface area contributed by atoms with E-state index in [1.165, 1.54) is 7.11 Å². The summed E-state index contributed by atoms with van der Waals surface area (Å²) in [5.74, 6) is 0.230. The first-order valence-electron chi connectivity index (χ1n) is 6.26. The van der Waals surface area contributed by atoms with Crippen LogP contribution in [0.15, 0.2) is 59.6 Å². The minimum Gasteiger partial charge on any atom is -0.496 e. The first kappa shape index (κ1) is 15.1. The van der Waals surface area contributed by atoms with Crippen LogP contribution in [0, 0.1) is 0 Å². The van der Waals surface area contributed by atoms with Gasteiger partial charge in [-0.1, -0.05) is 46.8 Å². The standard InChI is InChI=1S/C16H15BrN2O2/c1-11(12-6-5-7-13(17)10-12)18-19-16(20)14-8-3-4-9-15(14)21-2/h3-10,18H,1H2,2H3,(H,19,20). The van der Waals surface area contributed by atoms with Gasteiger partial charge in [-0.05, 0) is 29.8 Å². The fourth-order valence-electron chi connectivity index (χ4n) is 1.78. The summed E-state index contributed by atoms with van der Waals surface area (Å²) < 4.78 is 6.10. The van der Waals surface area contributed by atoms with E-state index in [0.29, 0.717) is 17.0 Å². The molecule has 0 radical (unpaired) electrons. The zero-order chi connectivity index (χ0) is 15.2. The molecule has 0 saturated heterocycles. The SMILES string of the molecule is C=C(NNC(=O)c1ccccc1OC)c1cccc(Br)c1. The van der Waals surface area contributed by atoms with Crippen LogP contribution in [0.4, 0.5) is 0 Å². The van der Waals surface area contributed by atoms with E-state index in [2.05, 4.69) is 33.4 Å². The minimum atomic E-state index is -0.288. The van der Waals surface area contributed by atoms with Gasteiger partial charge in [-0.2, -0.15) is 0 Å². The van der Waals surface area contributed by atoms with Crippen molar-refractivity contribution >= 4 is 27.5 Å². The van der Waals surface area contributed by atoms with Gasteiger partial charge in [0.1, 0.15) is 5.75 Å². The molecule has 21 heavy (non-hydrogen) atoms. The average molecular weight is 347 g/mol. The zero-order valence-corrected chi connectivity index (χ0v) is 13.1. The van der Waals surface area contributed by atoms with Gasteiger partial charge in [-0.25, -0.2) is 0 Å². The largest absolute Gasteiger partial charge is 0.496 e. The molecular formula is C16H15BrN2O2. The lowest BCUT2D eigenvalue weighted by atomic mass is 10.2. The monoisotopic (exact) mass is 346 g/mol. The fraction of sp³-hybridized carbons (Fsp3) is 0.0625. The highest BCUT2D eigenvalue weighted by Crippen LogP contribution is 2.18. The van der Waals surface area contributed by atoms with Crippen LogP contribution in [0.3, 0.4) is 0 Å². The normalized spacial score (nSPS) is 9.81. The number of hydrazine groups is 1. The first-order chi connectivity index (χ1) is 10.1. The van der Waals surface area contributed by atoms with Gasteiger partial charge in [0.15, 0.2) is 0 Å². The van der Waals surface area contributed by atoms with E-state index in [0.717, 1.165) is 10.0 Å². The van der Waals surface area contributed by atoms with Crippen molar-refractivity contribution in [3.63, 3.8) is 0 Å². The number of halogens is 1. The Morgan fingerprint density at radius 2 is 1.90 bits per heavy atom. The number of hydrogen-bond donors (Lipinski definition) is 2. The number of amides is 1. The van der Waals surface area contributed by atoms with E-state index in [4.69, 9.17) is 4.74 Å². The predicted molar refractivity (Wildman–Crippen MR) is 86.8 cm³/mol. The minimum absolute atomic E-state index is 0.288. The molecule has 4 nitrogen and oxygen atoms in total. The highest BCUT2D eigenvalue weighted by molar-refractivity contribution is 9.10. The van der Waals surface area contributed by atoms with Crippen LogP contribution in [-0.4, -0.2) is 13.0 Å². The molecule has 1 amide bonds. The molecule has 108 valence electrons. The van der Waals surface area contributed by atoms with Crippen molar-refractivity contribution in [3.8, 4) is 5.75 Å². The summed E-state index contributed by atoms with van der Waals surface area (Å²) in [5.41, 5.74) is 7.34. The Morgan fingerprint density at radius 3 is 2.62 bits per heavy atom. The number of benzene rings is 2. The first-order valence-corrected chi connectivity index (χ1v) is 7.05. The Balaban J connectivity index is 2.02. The summed E-state index contributed by atoms with van der Waals surface area (Å²) >= 11 is 3.39. The molecule has 0 atom stereocenters. The van der Waals surface area contributed by atoms with Crippen LogP contribution in [0.2, 0.25) is 0 Å². The molecule has 2 rings (SSSR count). The maximum atomic E-state index is 12.1. The third-order valence-corrected chi connectivity index (χ3v) is 3.34. The summed E-state index contributed by atoms with van der Waals surface area (Å²) in [7, 11) is 1.53. The van der Waals surface area contributed by atoms with Crippen molar-refractivity contribution < 1.29 is 9.53 Å². The molecular weight excluding hydrogens is 332 g/mol. The molecule has 0 fully saturated rings. The smallest absolute Gasteiger partial charge is 0.273 e. The number of hydrogen-bond acceptors (Lipinski definition) is 3. The molecule has 0 unspecified atom stereocenters. The van der Waals surface area contributed by atoms with Crippen LogP contribution >= 0.6 is 15.9 Å². The van der Waals surface area contributed by atoms with E-state index < -0.39 is 0 Å². The summed E-state index contributed by atoms with van der Waals surface area (Å²) in [6, 6.07) is 14.6. The Bertz CT molecular complexity index is 671. The van der Waals surface area contributed by atoms with Crippen LogP contribution in [0.25, 0.3) is 5.70 Å². The molecule has 2 aromatic carbocycles. The maximum Gasteiger partial charge on any atom is 0.273 e. The Kier molecular flexibility index (Phi) is 5.00. The number of nitrogens with one attached hydrogen (secondary N) is 2. The number of rotatable bonds is 5. The van der Waals surface area contributed by atoms with Crippen LogP contribution in [0.5, 0.6) is 5.75 Å². The van der Waals surface area contributed by atoms with Crippen molar-refractivity contribution in [2.24, 2.45) is 0 Å². The summed E-state index contributed by atoms with van der Waals surface area (Å²) in [6.45, 7) is 3.90. The lowest BCUT2D eigenvalue weighted by Gasteiger charge is -2.13. The summed E-state index contributed by atoms with van der Waals surface area (Å²) in [5, 5.41) is 0. The molecule has 5 heteroatoms. The Morgan fingerprint density at radius 1 is 1.14 bits per heavy atom. The molecule has 2 aromatic rings. The quantitative estimate of drug-likeness (QED) is 0.816. The van der Waals surface area contributed by atoms with E-state index >= 15 is 0 Å². The molecule has 0 aliphatic heterocycles. The molecule has 2 N–H and O–H groups in total. The Labute approximate surface area is 131 Å². The predicted octanol–water partition coefficient (Wildman–Crippen LogP) is 3.36. The van der Waals surface area contributed by atoms with E-state index in [9.17, 15) is 4.79 Å². The van der Waals surface area contributed by atoms with Gasteiger partial charge < -0.3 is 4.74 Å². The van der Waals surface area contributed by atoms with Gasteiger partial charge in [0.2, 0.25) is 0 Å². The van der Waals surface area contributed by atoms with Gasteiger partial charge in [-0.3, -0.25) is 15.6 Å². The summed E-state index contributed by atoms with van der Waals surface area (Å²) in [6.07, 6.45) is 0. The highest BCUT2D eigenvalue weighted by Gasteiger charge is 2.11. The third-order valence-electron chi connectivity index (χ3n) is 2.85. The highest BCUT2D eigenvalue weighted by atomic mass is 79.9. The lowest BCUT2D eigenvalue weighted by Crippen LogP contribution is -2.36. The van der Waals surface area contributed by atoms with E-state index in [1.54, 1.807) is 18.2 Å². The topological polar surface area (TPSA) is 50.4 Å². The molecule has 0 aliphatic carbocycles. The fourth-order valence-corrected chi connectivity index (χ4v) is 2.18. The second kappa shape index (κ2) is 6.95. The molecule has 0 saturated carbocycles. The van der Waals surface area contributed by atoms with Crippen LogP contribution in [0.1, 0.15) is 15.9 Å². The third kappa shape index (κ3) is 3.86. The van der Waals surface area contributed by atoms with E-state index in [1.807, 2.05) is 30.3 Å².